The highest BCUT2D eigenvalue weighted by atomic mass is 16.6. The van der Waals surface area contributed by atoms with E-state index in [-0.39, 0.29) is 62.8 Å². The summed E-state index contributed by atoms with van der Waals surface area (Å²) in [4.78, 5) is 47.4. The van der Waals surface area contributed by atoms with Crippen LogP contribution in [-0.4, -0.2) is 86.9 Å². The molecule has 0 spiro atoms. The molecule has 0 aliphatic heterocycles. The van der Waals surface area contributed by atoms with Gasteiger partial charge in [-0.1, -0.05) is 26.7 Å². The summed E-state index contributed by atoms with van der Waals surface area (Å²) in [6.07, 6.45) is 0.0870. The van der Waals surface area contributed by atoms with Crippen molar-refractivity contribution in [3.63, 3.8) is 0 Å². The molecule has 0 fully saturated rings. The van der Waals surface area contributed by atoms with E-state index in [1.54, 1.807) is 6.92 Å². The third-order valence-corrected chi connectivity index (χ3v) is 4.89. The molecule has 0 bridgehead atoms. The fourth-order valence-corrected chi connectivity index (χ4v) is 2.37. The Morgan fingerprint density at radius 1 is 0.611 bits per heavy atom. The number of rotatable bonds is 18. The maximum absolute atomic E-state index is 11.9. The second-order valence-corrected chi connectivity index (χ2v) is 8.89. The Morgan fingerprint density at radius 2 is 0.917 bits per heavy atom. The molecule has 0 amide bonds. The van der Waals surface area contributed by atoms with Crippen LogP contribution in [0.2, 0.25) is 0 Å². The molecule has 0 aromatic heterocycles. The number of hydrogen-bond donors (Lipinski definition) is 2. The van der Waals surface area contributed by atoms with Crippen LogP contribution in [0.5, 0.6) is 0 Å². The average molecular weight is 515 g/mol. The summed E-state index contributed by atoms with van der Waals surface area (Å²) in [6, 6.07) is 0. The van der Waals surface area contributed by atoms with Crippen LogP contribution in [0.1, 0.15) is 34.1 Å². The Balaban J connectivity index is 5.68. The number of carbonyl (C=O) groups is 4. The Morgan fingerprint density at radius 3 is 1.17 bits per heavy atom. The molecule has 0 saturated heterocycles. The van der Waals surface area contributed by atoms with Crippen molar-refractivity contribution in [1.29, 1.82) is 0 Å². The molecular weight excluding hydrogens is 476 g/mol. The number of esters is 4. The maximum Gasteiger partial charge on any atom is 0.333 e. The molecule has 36 heavy (non-hydrogen) atoms. The summed E-state index contributed by atoms with van der Waals surface area (Å²) in [5, 5.41) is 20.2. The van der Waals surface area contributed by atoms with Crippen LogP contribution in [0.4, 0.5) is 0 Å². The molecule has 11 heteroatoms. The van der Waals surface area contributed by atoms with Gasteiger partial charge < -0.3 is 33.9 Å². The lowest BCUT2D eigenvalue weighted by Gasteiger charge is -2.34. The van der Waals surface area contributed by atoms with Gasteiger partial charge in [-0.15, -0.1) is 0 Å². The van der Waals surface area contributed by atoms with Crippen LogP contribution in [0.15, 0.2) is 36.5 Å². The van der Waals surface area contributed by atoms with Crippen molar-refractivity contribution >= 4 is 23.9 Å². The molecule has 0 aliphatic rings. The van der Waals surface area contributed by atoms with Gasteiger partial charge in [0.2, 0.25) is 0 Å². The first-order chi connectivity index (χ1) is 16.8. The molecule has 0 aromatic carbocycles. The van der Waals surface area contributed by atoms with Crippen molar-refractivity contribution in [2.75, 3.05) is 52.9 Å². The van der Waals surface area contributed by atoms with E-state index in [0.717, 1.165) is 0 Å². The standard InChI is InChI=1S/C25H38O11/c1-8-20(28)33-13-24(9-26,14-34-21(29)17(2)3)11-32-12-25(10-27,15-35-22(30)18(4)5)16-36-23(31)19(6)7/h26-27H,2,4,6,8-16H2,1,3,5,7H3. The van der Waals surface area contributed by atoms with Crippen LogP contribution in [0, 0.1) is 10.8 Å². The van der Waals surface area contributed by atoms with Crippen LogP contribution in [0.25, 0.3) is 0 Å². The maximum atomic E-state index is 11.9. The summed E-state index contributed by atoms with van der Waals surface area (Å²) in [7, 11) is 0. The van der Waals surface area contributed by atoms with E-state index in [1.165, 1.54) is 20.8 Å². The van der Waals surface area contributed by atoms with E-state index in [1.807, 2.05) is 0 Å². The van der Waals surface area contributed by atoms with Gasteiger partial charge in [-0.2, -0.15) is 0 Å². The highest BCUT2D eigenvalue weighted by Gasteiger charge is 2.38. The minimum Gasteiger partial charge on any atom is -0.465 e. The van der Waals surface area contributed by atoms with E-state index in [0.29, 0.717) is 0 Å². The predicted molar refractivity (Wildman–Crippen MR) is 128 cm³/mol. The quantitative estimate of drug-likeness (QED) is 0.154. The molecule has 1 unspecified atom stereocenters. The van der Waals surface area contributed by atoms with Gasteiger partial charge in [0.05, 0.1) is 37.3 Å². The van der Waals surface area contributed by atoms with E-state index in [2.05, 4.69) is 19.7 Å². The summed E-state index contributed by atoms with van der Waals surface area (Å²) < 4.78 is 26.4. The van der Waals surface area contributed by atoms with Crippen LogP contribution < -0.4 is 0 Å². The zero-order valence-electron chi connectivity index (χ0n) is 21.6. The highest BCUT2D eigenvalue weighted by molar-refractivity contribution is 5.87. The van der Waals surface area contributed by atoms with Gasteiger partial charge in [0, 0.05) is 23.1 Å². The summed E-state index contributed by atoms with van der Waals surface area (Å²) in [5.74, 6) is -2.69. The fourth-order valence-electron chi connectivity index (χ4n) is 2.37. The summed E-state index contributed by atoms with van der Waals surface area (Å²) in [6.45, 7) is 13.1. The van der Waals surface area contributed by atoms with Crippen molar-refractivity contribution in [3.05, 3.63) is 36.5 Å². The van der Waals surface area contributed by atoms with Crippen molar-refractivity contribution in [3.8, 4) is 0 Å². The highest BCUT2D eigenvalue weighted by Crippen LogP contribution is 2.24. The first-order valence-corrected chi connectivity index (χ1v) is 11.2. The van der Waals surface area contributed by atoms with Gasteiger partial charge in [-0.3, -0.25) is 4.79 Å². The molecule has 0 heterocycles. The first kappa shape index (κ1) is 33.0. The number of aliphatic hydroxyl groups excluding tert-OH is 2. The third-order valence-electron chi connectivity index (χ3n) is 4.89. The van der Waals surface area contributed by atoms with Gasteiger partial charge in [0.25, 0.3) is 0 Å². The Hall–Kier alpha value is -3.02. The molecule has 2 N–H and O–H groups in total. The normalized spacial score (nSPS) is 12.6. The molecule has 0 rings (SSSR count). The number of hydrogen-bond acceptors (Lipinski definition) is 11. The van der Waals surface area contributed by atoms with Crippen molar-refractivity contribution in [1.82, 2.24) is 0 Å². The van der Waals surface area contributed by atoms with Gasteiger partial charge >= 0.3 is 23.9 Å². The van der Waals surface area contributed by atoms with E-state index in [9.17, 15) is 29.4 Å². The molecule has 0 saturated carbocycles. The van der Waals surface area contributed by atoms with E-state index >= 15 is 0 Å². The van der Waals surface area contributed by atoms with Crippen molar-refractivity contribution in [2.45, 2.75) is 34.1 Å². The lowest BCUT2D eigenvalue weighted by molar-refractivity contribution is -0.165. The van der Waals surface area contributed by atoms with Gasteiger partial charge in [0.15, 0.2) is 0 Å². The monoisotopic (exact) mass is 514 g/mol. The Bertz CT molecular complexity index is 800. The molecule has 204 valence electrons. The molecular formula is C25H38O11. The number of carbonyl (C=O) groups excluding carboxylic acids is 4. The lowest BCUT2D eigenvalue weighted by Crippen LogP contribution is -2.46. The van der Waals surface area contributed by atoms with Gasteiger partial charge in [-0.25, -0.2) is 14.4 Å². The minimum absolute atomic E-state index is 0.0870. The lowest BCUT2D eigenvalue weighted by atomic mass is 9.90. The molecule has 0 aliphatic carbocycles. The predicted octanol–water partition coefficient (Wildman–Crippen LogP) is 1.27. The first-order valence-electron chi connectivity index (χ1n) is 11.2. The van der Waals surface area contributed by atoms with Crippen molar-refractivity contribution in [2.24, 2.45) is 10.8 Å². The average Bonchev–Trinajstić information content (AvgIpc) is 2.85. The van der Waals surface area contributed by atoms with Gasteiger partial charge in [0.1, 0.15) is 26.4 Å². The Kier molecular flexibility index (Phi) is 14.5. The summed E-state index contributed by atoms with van der Waals surface area (Å²) >= 11 is 0. The smallest absolute Gasteiger partial charge is 0.333 e. The van der Waals surface area contributed by atoms with E-state index in [4.69, 9.17) is 23.7 Å². The van der Waals surface area contributed by atoms with E-state index < -0.39 is 47.9 Å². The molecule has 1 atom stereocenters. The zero-order chi connectivity index (χ0) is 27.9. The third kappa shape index (κ3) is 11.6. The molecule has 0 radical (unpaired) electrons. The zero-order valence-corrected chi connectivity index (χ0v) is 21.6. The second kappa shape index (κ2) is 15.9. The topological polar surface area (TPSA) is 155 Å². The molecule has 0 aromatic rings. The SMILES string of the molecule is C=C(C)C(=O)OCC(CO)(COCC(CO)(COC(=O)C(=C)C)COC(=O)C(=C)C)COC(=O)CC. The molecule has 11 nitrogen and oxygen atoms in total. The van der Waals surface area contributed by atoms with Crippen molar-refractivity contribution < 1.29 is 53.1 Å². The van der Waals surface area contributed by atoms with Crippen LogP contribution in [-0.2, 0) is 42.9 Å². The Labute approximate surface area is 211 Å². The van der Waals surface area contributed by atoms with Gasteiger partial charge in [-0.05, 0) is 20.8 Å². The van der Waals surface area contributed by atoms with Crippen LogP contribution in [0.3, 0.4) is 0 Å². The largest absolute Gasteiger partial charge is 0.465 e. The minimum atomic E-state index is -1.38. The van der Waals surface area contributed by atoms with Crippen LogP contribution >= 0.6 is 0 Å². The fraction of sp³-hybridized carbons (Fsp3) is 0.600. The number of aliphatic hydroxyl groups is 2. The summed E-state index contributed by atoms with van der Waals surface area (Å²) in [5.41, 5.74) is -2.35. The number of ether oxygens (including phenoxy) is 5. The second-order valence-electron chi connectivity index (χ2n) is 8.89.